The van der Waals surface area contributed by atoms with Crippen LogP contribution in [0.5, 0.6) is 5.88 Å². The molecule has 0 atom stereocenters. The van der Waals surface area contributed by atoms with Gasteiger partial charge >= 0.3 is 0 Å². The van der Waals surface area contributed by atoms with E-state index in [1.165, 1.54) is 0 Å². The van der Waals surface area contributed by atoms with Gasteiger partial charge in [0.15, 0.2) is 5.82 Å². The van der Waals surface area contributed by atoms with Crippen molar-refractivity contribution in [3.63, 3.8) is 0 Å². The number of pyridine rings is 1. The Labute approximate surface area is 116 Å². The topological polar surface area (TPSA) is 73.9 Å². The van der Waals surface area contributed by atoms with Crippen LogP contribution in [0.2, 0.25) is 0 Å². The van der Waals surface area contributed by atoms with Gasteiger partial charge in [0.05, 0.1) is 12.8 Å². The average molecular weight is 266 g/mol. The van der Waals surface area contributed by atoms with E-state index >= 15 is 0 Å². The zero-order chi connectivity index (χ0) is 14.1. The Bertz CT molecular complexity index is 786. The molecule has 0 spiro atoms. The van der Waals surface area contributed by atoms with Crippen LogP contribution in [0.3, 0.4) is 0 Å². The highest BCUT2D eigenvalue weighted by Gasteiger charge is 2.10. The van der Waals surface area contributed by atoms with Gasteiger partial charge < -0.3 is 10.5 Å². The number of ether oxygens (including phenoxy) is 1. The summed E-state index contributed by atoms with van der Waals surface area (Å²) in [6.07, 6.45) is 1.71. The normalized spacial score (nSPS) is 10.7. The van der Waals surface area contributed by atoms with E-state index in [0.717, 1.165) is 27.6 Å². The Morgan fingerprint density at radius 1 is 1.10 bits per heavy atom. The number of nitrogens with zero attached hydrogens (tertiary/aromatic N) is 3. The number of nitrogens with two attached hydrogens (primary N) is 1. The Kier molecular flexibility index (Phi) is 2.95. The van der Waals surface area contributed by atoms with Gasteiger partial charge in [-0.15, -0.1) is 5.10 Å². The average Bonchev–Trinajstić information content (AvgIpc) is 2.50. The van der Waals surface area contributed by atoms with E-state index in [4.69, 9.17) is 10.5 Å². The summed E-state index contributed by atoms with van der Waals surface area (Å²) in [5, 5.41) is 9.89. The van der Waals surface area contributed by atoms with Gasteiger partial charge in [0, 0.05) is 22.5 Å². The fourth-order valence-corrected chi connectivity index (χ4v) is 2.24. The lowest BCUT2D eigenvalue weighted by molar-refractivity contribution is 0.399. The van der Waals surface area contributed by atoms with Crippen LogP contribution in [0.4, 0.5) is 5.82 Å². The maximum atomic E-state index is 5.86. The summed E-state index contributed by atoms with van der Waals surface area (Å²) < 4.78 is 5.30. The number of nitrogen functional groups attached to an aromatic ring is 1. The summed E-state index contributed by atoms with van der Waals surface area (Å²) in [6, 6.07) is 9.83. The Morgan fingerprint density at radius 3 is 2.75 bits per heavy atom. The highest BCUT2D eigenvalue weighted by Crippen LogP contribution is 2.31. The molecule has 0 bridgehead atoms. The summed E-state index contributed by atoms with van der Waals surface area (Å²) in [4.78, 5) is 4.22. The maximum absolute atomic E-state index is 5.86. The number of methoxy groups -OCH3 is 1. The van der Waals surface area contributed by atoms with Crippen molar-refractivity contribution in [2.45, 2.75) is 6.92 Å². The first-order valence-electron chi connectivity index (χ1n) is 6.22. The van der Waals surface area contributed by atoms with Gasteiger partial charge in [0.25, 0.3) is 0 Å². The number of aryl methyl sites for hydroxylation is 1. The lowest BCUT2D eigenvalue weighted by atomic mass is 10.0. The minimum Gasteiger partial charge on any atom is -0.481 e. The number of fused-ring (bicyclic) bond motifs is 1. The van der Waals surface area contributed by atoms with Crippen LogP contribution in [0.15, 0.2) is 36.5 Å². The fourth-order valence-electron chi connectivity index (χ4n) is 2.24. The second-order valence-electron chi connectivity index (χ2n) is 4.49. The zero-order valence-electron chi connectivity index (χ0n) is 11.3. The first-order valence-corrected chi connectivity index (χ1v) is 6.22. The van der Waals surface area contributed by atoms with Crippen LogP contribution >= 0.6 is 0 Å². The molecule has 0 aliphatic carbocycles. The molecule has 0 saturated heterocycles. The maximum Gasteiger partial charge on any atom is 0.221 e. The molecule has 0 saturated carbocycles. The molecular weight excluding hydrogens is 252 g/mol. The summed E-state index contributed by atoms with van der Waals surface area (Å²) in [5.74, 6) is 1.04. The van der Waals surface area contributed by atoms with E-state index in [9.17, 15) is 0 Å². The molecule has 0 radical (unpaired) electrons. The quantitative estimate of drug-likeness (QED) is 0.771. The monoisotopic (exact) mass is 266 g/mol. The largest absolute Gasteiger partial charge is 0.481 e. The molecule has 0 fully saturated rings. The van der Waals surface area contributed by atoms with E-state index in [0.29, 0.717) is 11.7 Å². The first kappa shape index (κ1) is 12.3. The molecule has 5 heteroatoms. The van der Waals surface area contributed by atoms with Crippen LogP contribution in [0.25, 0.3) is 21.9 Å². The van der Waals surface area contributed by atoms with Crippen molar-refractivity contribution in [2.75, 3.05) is 12.8 Å². The second kappa shape index (κ2) is 4.77. The highest BCUT2D eigenvalue weighted by molar-refractivity contribution is 5.95. The lowest BCUT2D eigenvalue weighted by Gasteiger charge is -2.09. The highest BCUT2D eigenvalue weighted by atomic mass is 16.5. The third kappa shape index (κ3) is 1.93. The number of anilines is 1. The second-order valence-corrected chi connectivity index (χ2v) is 4.49. The number of hydrogen-bond acceptors (Lipinski definition) is 5. The molecular formula is C15H14N4O. The third-order valence-corrected chi connectivity index (χ3v) is 3.27. The molecule has 2 N–H and O–H groups in total. The van der Waals surface area contributed by atoms with Crippen molar-refractivity contribution in [3.05, 3.63) is 42.2 Å². The minimum atomic E-state index is 0.440. The molecule has 3 rings (SSSR count). The first-order chi connectivity index (χ1) is 9.70. The van der Waals surface area contributed by atoms with E-state index in [1.54, 1.807) is 13.3 Å². The number of hydrogen-bond donors (Lipinski definition) is 1. The standard InChI is InChI=1S/C15H14N4O/c1-9-13-8-10(5-6-12(13)14(16)19-18-9)11-4-3-7-17-15(11)20-2/h3-8H,1-2H3,(H2,16,19). The van der Waals surface area contributed by atoms with Gasteiger partial charge in [0.1, 0.15) is 0 Å². The van der Waals surface area contributed by atoms with E-state index < -0.39 is 0 Å². The van der Waals surface area contributed by atoms with E-state index in [2.05, 4.69) is 15.2 Å². The van der Waals surface area contributed by atoms with Crippen molar-refractivity contribution in [1.82, 2.24) is 15.2 Å². The number of benzene rings is 1. The summed E-state index contributed by atoms with van der Waals surface area (Å²) in [5.41, 5.74) is 8.65. The predicted octanol–water partition coefficient (Wildman–Crippen LogP) is 2.59. The molecule has 1 aromatic carbocycles. The zero-order valence-corrected chi connectivity index (χ0v) is 11.3. The number of aromatic nitrogens is 3. The Balaban J connectivity index is 2.26. The van der Waals surface area contributed by atoms with Crippen molar-refractivity contribution in [1.29, 1.82) is 0 Å². The minimum absolute atomic E-state index is 0.440. The van der Waals surface area contributed by atoms with Crippen molar-refractivity contribution in [2.24, 2.45) is 0 Å². The summed E-state index contributed by atoms with van der Waals surface area (Å²) in [7, 11) is 1.61. The molecule has 0 aliphatic heterocycles. The molecule has 0 aliphatic rings. The van der Waals surface area contributed by atoms with Crippen LogP contribution in [-0.2, 0) is 0 Å². The van der Waals surface area contributed by atoms with Crippen LogP contribution in [0, 0.1) is 6.92 Å². The van der Waals surface area contributed by atoms with E-state index in [-0.39, 0.29) is 0 Å². The molecule has 20 heavy (non-hydrogen) atoms. The SMILES string of the molecule is COc1ncccc1-c1ccc2c(N)nnc(C)c2c1. The summed E-state index contributed by atoms with van der Waals surface area (Å²) in [6.45, 7) is 1.92. The van der Waals surface area contributed by atoms with Crippen LogP contribution in [0.1, 0.15) is 5.69 Å². The number of rotatable bonds is 2. The summed E-state index contributed by atoms with van der Waals surface area (Å²) >= 11 is 0. The smallest absolute Gasteiger partial charge is 0.221 e. The van der Waals surface area contributed by atoms with Gasteiger partial charge in [-0.25, -0.2) is 4.98 Å². The Hall–Kier alpha value is -2.69. The van der Waals surface area contributed by atoms with Crippen molar-refractivity contribution < 1.29 is 4.74 Å². The van der Waals surface area contributed by atoms with Gasteiger partial charge in [-0.3, -0.25) is 0 Å². The molecule has 3 aromatic rings. The van der Waals surface area contributed by atoms with Crippen molar-refractivity contribution in [3.8, 4) is 17.0 Å². The molecule has 0 unspecified atom stereocenters. The Morgan fingerprint density at radius 2 is 1.95 bits per heavy atom. The van der Waals surface area contributed by atoms with Crippen molar-refractivity contribution >= 4 is 16.6 Å². The molecule has 0 amide bonds. The third-order valence-electron chi connectivity index (χ3n) is 3.27. The molecule has 2 heterocycles. The van der Waals surface area contributed by atoms with Gasteiger partial charge in [-0.1, -0.05) is 6.07 Å². The van der Waals surface area contributed by atoms with E-state index in [1.807, 2.05) is 37.3 Å². The molecule has 5 nitrogen and oxygen atoms in total. The van der Waals surface area contributed by atoms with Crippen LogP contribution in [-0.4, -0.2) is 22.3 Å². The van der Waals surface area contributed by atoms with Crippen LogP contribution < -0.4 is 10.5 Å². The van der Waals surface area contributed by atoms with Gasteiger partial charge in [0.2, 0.25) is 5.88 Å². The lowest BCUT2D eigenvalue weighted by Crippen LogP contribution is -1.97. The van der Waals surface area contributed by atoms with Gasteiger partial charge in [-0.05, 0) is 36.8 Å². The fraction of sp³-hybridized carbons (Fsp3) is 0.133. The molecule has 100 valence electrons. The van der Waals surface area contributed by atoms with Gasteiger partial charge in [-0.2, -0.15) is 5.10 Å². The predicted molar refractivity (Wildman–Crippen MR) is 78.5 cm³/mol. The molecule has 2 aromatic heterocycles.